The summed E-state index contributed by atoms with van der Waals surface area (Å²) in [4.78, 5) is 26.3. The highest BCUT2D eigenvalue weighted by molar-refractivity contribution is 5.82. The molecule has 2 rings (SSSR count). The van der Waals surface area contributed by atoms with Gasteiger partial charge < -0.3 is 14.6 Å². The maximum Gasteiger partial charge on any atom is 0.225 e. The van der Waals surface area contributed by atoms with E-state index in [4.69, 9.17) is 4.42 Å². The lowest BCUT2D eigenvalue weighted by molar-refractivity contribution is -0.133. The first-order valence-electron chi connectivity index (χ1n) is 8.48. The number of hydrogen-bond donors (Lipinski definition) is 1. The van der Waals surface area contributed by atoms with Crippen LogP contribution in [-0.4, -0.2) is 23.3 Å². The van der Waals surface area contributed by atoms with E-state index in [1.807, 2.05) is 63.2 Å². The van der Waals surface area contributed by atoms with Crippen LogP contribution >= 0.6 is 0 Å². The summed E-state index contributed by atoms with van der Waals surface area (Å²) >= 11 is 0. The van der Waals surface area contributed by atoms with Gasteiger partial charge in [-0.1, -0.05) is 51.1 Å². The van der Waals surface area contributed by atoms with Gasteiger partial charge in [-0.25, -0.2) is 0 Å². The number of carbonyl (C=O) groups excluding carboxylic acids is 2. The summed E-state index contributed by atoms with van der Waals surface area (Å²) in [6.07, 6.45) is 1.86. The van der Waals surface area contributed by atoms with Crippen molar-refractivity contribution in [2.24, 2.45) is 5.41 Å². The first-order chi connectivity index (χ1) is 11.9. The van der Waals surface area contributed by atoms with Crippen molar-refractivity contribution < 1.29 is 14.0 Å². The van der Waals surface area contributed by atoms with Gasteiger partial charge in [-0.3, -0.25) is 9.59 Å². The van der Waals surface area contributed by atoms with Crippen LogP contribution in [0.4, 0.5) is 0 Å². The molecule has 0 atom stereocenters. The Balaban J connectivity index is 1.96. The van der Waals surface area contributed by atoms with E-state index in [2.05, 4.69) is 5.32 Å². The van der Waals surface area contributed by atoms with Crippen LogP contribution in [0.5, 0.6) is 0 Å². The van der Waals surface area contributed by atoms with Gasteiger partial charge in [0.25, 0.3) is 0 Å². The van der Waals surface area contributed by atoms with Crippen molar-refractivity contribution in [1.29, 1.82) is 0 Å². The third kappa shape index (κ3) is 6.10. The molecule has 5 nitrogen and oxygen atoms in total. The average molecular weight is 342 g/mol. The number of furan rings is 1. The van der Waals surface area contributed by atoms with Crippen molar-refractivity contribution in [2.45, 2.75) is 40.3 Å². The molecule has 1 N–H and O–H groups in total. The Morgan fingerprint density at radius 3 is 2.36 bits per heavy atom. The number of hydrogen-bond acceptors (Lipinski definition) is 3. The summed E-state index contributed by atoms with van der Waals surface area (Å²) in [6, 6.07) is 13.5. The van der Waals surface area contributed by atoms with E-state index in [0.717, 1.165) is 11.3 Å². The van der Waals surface area contributed by atoms with E-state index < -0.39 is 5.41 Å². The monoisotopic (exact) mass is 342 g/mol. The molecule has 0 aliphatic rings. The van der Waals surface area contributed by atoms with Crippen LogP contribution in [0, 0.1) is 5.41 Å². The zero-order valence-electron chi connectivity index (χ0n) is 15.1. The molecular formula is C20H26N2O3. The van der Waals surface area contributed by atoms with Gasteiger partial charge >= 0.3 is 0 Å². The fourth-order valence-electron chi connectivity index (χ4n) is 2.33. The largest absolute Gasteiger partial charge is 0.467 e. The first-order valence-corrected chi connectivity index (χ1v) is 8.48. The molecule has 1 aromatic carbocycles. The molecule has 2 amide bonds. The highest BCUT2D eigenvalue weighted by Gasteiger charge is 2.21. The third-order valence-corrected chi connectivity index (χ3v) is 3.80. The van der Waals surface area contributed by atoms with Crippen molar-refractivity contribution in [3.63, 3.8) is 0 Å². The number of nitrogens with one attached hydrogen (secondary N) is 1. The summed E-state index contributed by atoms with van der Waals surface area (Å²) in [5.41, 5.74) is 0.599. The summed E-state index contributed by atoms with van der Waals surface area (Å²) in [5.74, 6) is 0.665. The molecule has 0 saturated heterocycles. The number of rotatable bonds is 7. The van der Waals surface area contributed by atoms with Gasteiger partial charge in [0.15, 0.2) is 0 Å². The van der Waals surface area contributed by atoms with Gasteiger partial charge in [0, 0.05) is 24.9 Å². The SMILES string of the molecule is CC(C)(C)C(=O)NCCC(=O)N(Cc1ccccc1)Cc1ccco1. The second-order valence-electron chi connectivity index (χ2n) is 7.07. The van der Waals surface area contributed by atoms with Crippen LogP contribution in [0.15, 0.2) is 53.1 Å². The number of amides is 2. The van der Waals surface area contributed by atoms with Crippen LogP contribution in [0.1, 0.15) is 38.5 Å². The Hall–Kier alpha value is -2.56. The van der Waals surface area contributed by atoms with Crippen LogP contribution in [0.3, 0.4) is 0 Å². The lowest BCUT2D eigenvalue weighted by atomic mass is 9.96. The Morgan fingerprint density at radius 2 is 1.76 bits per heavy atom. The standard InChI is InChI=1S/C20H26N2O3/c1-20(2,3)19(24)21-12-11-18(23)22(15-17-10-7-13-25-17)14-16-8-5-4-6-9-16/h4-10,13H,11-12,14-15H2,1-3H3,(H,21,24). The normalized spacial score (nSPS) is 11.2. The molecule has 1 heterocycles. The third-order valence-electron chi connectivity index (χ3n) is 3.80. The van der Waals surface area contributed by atoms with E-state index in [1.165, 1.54) is 0 Å². The predicted octanol–water partition coefficient (Wildman–Crippen LogP) is 3.36. The van der Waals surface area contributed by atoms with Gasteiger partial charge in [0.2, 0.25) is 11.8 Å². The second kappa shape index (κ2) is 8.51. The fourth-order valence-corrected chi connectivity index (χ4v) is 2.33. The Kier molecular flexibility index (Phi) is 6.39. The van der Waals surface area contributed by atoms with Crippen molar-refractivity contribution in [3.05, 3.63) is 60.1 Å². The predicted molar refractivity (Wildman–Crippen MR) is 96.5 cm³/mol. The Labute approximate surface area is 149 Å². The number of nitrogens with zero attached hydrogens (tertiary/aromatic N) is 1. The molecule has 1 aromatic heterocycles. The topological polar surface area (TPSA) is 62.6 Å². The molecule has 0 fully saturated rings. The lowest BCUT2D eigenvalue weighted by Gasteiger charge is -2.23. The molecule has 0 saturated carbocycles. The van der Waals surface area contributed by atoms with Crippen molar-refractivity contribution in [2.75, 3.05) is 6.54 Å². The maximum atomic E-state index is 12.6. The van der Waals surface area contributed by atoms with Gasteiger partial charge in [-0.2, -0.15) is 0 Å². The fraction of sp³-hybridized carbons (Fsp3) is 0.400. The molecule has 0 bridgehead atoms. The van der Waals surface area contributed by atoms with Crippen LogP contribution in [-0.2, 0) is 22.7 Å². The van der Waals surface area contributed by atoms with Crippen LogP contribution < -0.4 is 5.32 Å². The zero-order valence-corrected chi connectivity index (χ0v) is 15.1. The summed E-state index contributed by atoms with van der Waals surface area (Å²) in [6.45, 7) is 6.80. The van der Waals surface area contributed by atoms with Crippen molar-refractivity contribution in [1.82, 2.24) is 10.2 Å². The molecule has 25 heavy (non-hydrogen) atoms. The minimum Gasteiger partial charge on any atom is -0.467 e. The zero-order chi connectivity index (χ0) is 18.3. The Bertz CT molecular complexity index is 673. The van der Waals surface area contributed by atoms with E-state index in [0.29, 0.717) is 19.6 Å². The molecule has 134 valence electrons. The van der Waals surface area contributed by atoms with Crippen LogP contribution in [0.2, 0.25) is 0 Å². The van der Waals surface area contributed by atoms with Crippen molar-refractivity contribution >= 4 is 11.8 Å². The number of carbonyl (C=O) groups is 2. The second-order valence-corrected chi connectivity index (χ2v) is 7.07. The molecule has 0 aliphatic heterocycles. The van der Waals surface area contributed by atoms with Gasteiger partial charge in [0.05, 0.1) is 12.8 Å². The van der Waals surface area contributed by atoms with E-state index in [-0.39, 0.29) is 18.2 Å². The molecule has 2 aromatic rings. The average Bonchev–Trinajstić information content (AvgIpc) is 3.07. The summed E-state index contributed by atoms with van der Waals surface area (Å²) < 4.78 is 5.38. The van der Waals surface area contributed by atoms with Crippen molar-refractivity contribution in [3.8, 4) is 0 Å². The molecule has 0 radical (unpaired) electrons. The smallest absolute Gasteiger partial charge is 0.225 e. The first kappa shape index (κ1) is 18.8. The summed E-state index contributed by atoms with van der Waals surface area (Å²) in [7, 11) is 0. The quantitative estimate of drug-likeness (QED) is 0.839. The molecule has 0 aliphatic carbocycles. The van der Waals surface area contributed by atoms with Crippen LogP contribution in [0.25, 0.3) is 0 Å². The molecule has 5 heteroatoms. The highest BCUT2D eigenvalue weighted by atomic mass is 16.3. The van der Waals surface area contributed by atoms with Gasteiger partial charge in [0.1, 0.15) is 5.76 Å². The lowest BCUT2D eigenvalue weighted by Crippen LogP contribution is -2.38. The minimum atomic E-state index is -0.457. The molecular weight excluding hydrogens is 316 g/mol. The van der Waals surface area contributed by atoms with Gasteiger partial charge in [-0.15, -0.1) is 0 Å². The highest BCUT2D eigenvalue weighted by Crippen LogP contribution is 2.14. The Morgan fingerprint density at radius 1 is 1.04 bits per heavy atom. The van der Waals surface area contributed by atoms with E-state index in [1.54, 1.807) is 11.2 Å². The van der Waals surface area contributed by atoms with E-state index >= 15 is 0 Å². The molecule has 0 spiro atoms. The van der Waals surface area contributed by atoms with E-state index in [9.17, 15) is 9.59 Å². The number of benzene rings is 1. The minimum absolute atomic E-state index is 0.0190. The van der Waals surface area contributed by atoms with Gasteiger partial charge in [-0.05, 0) is 17.7 Å². The maximum absolute atomic E-state index is 12.6. The summed E-state index contributed by atoms with van der Waals surface area (Å²) in [5, 5.41) is 2.82. The molecule has 0 unspecified atom stereocenters.